The Morgan fingerprint density at radius 2 is 2.18 bits per heavy atom. The third-order valence-electron chi connectivity index (χ3n) is 1.90. The fourth-order valence-electron chi connectivity index (χ4n) is 1.14. The van der Waals surface area contributed by atoms with E-state index in [9.17, 15) is 9.59 Å². The molecule has 4 N–H and O–H groups in total. The molecule has 0 bridgehead atoms. The normalized spacial score (nSPS) is 9.76. The van der Waals surface area contributed by atoms with Gasteiger partial charge in [0.05, 0.1) is 17.1 Å². The van der Waals surface area contributed by atoms with Gasteiger partial charge in [0, 0.05) is 12.7 Å². The van der Waals surface area contributed by atoms with Gasteiger partial charge in [0.1, 0.15) is 5.82 Å². The standard InChI is InChI=1S/C10H13ClN4O2/c1-2-13-9(16)5-15-10(17)6-3-8(12)14-4-7(6)11/h3-4H,2,5H2,1H3,(H2,12,14)(H,13,16)(H,15,17). The molecule has 6 nitrogen and oxygen atoms in total. The fourth-order valence-corrected chi connectivity index (χ4v) is 1.33. The fraction of sp³-hybridized carbons (Fsp3) is 0.300. The lowest BCUT2D eigenvalue weighted by Gasteiger charge is -2.06. The molecule has 0 saturated heterocycles. The van der Waals surface area contributed by atoms with Gasteiger partial charge >= 0.3 is 0 Å². The van der Waals surface area contributed by atoms with Gasteiger partial charge in [-0.25, -0.2) is 4.98 Å². The first-order chi connectivity index (χ1) is 8.04. The van der Waals surface area contributed by atoms with Gasteiger partial charge in [0.15, 0.2) is 0 Å². The smallest absolute Gasteiger partial charge is 0.253 e. The lowest BCUT2D eigenvalue weighted by atomic mass is 10.2. The van der Waals surface area contributed by atoms with E-state index in [2.05, 4.69) is 15.6 Å². The Kier molecular flexibility index (Phi) is 4.71. The zero-order chi connectivity index (χ0) is 12.8. The highest BCUT2D eigenvalue weighted by Gasteiger charge is 2.12. The van der Waals surface area contributed by atoms with E-state index in [0.717, 1.165) is 0 Å². The Bertz CT molecular complexity index is 436. The Morgan fingerprint density at radius 1 is 1.47 bits per heavy atom. The van der Waals surface area contributed by atoms with Crippen LogP contribution in [0, 0.1) is 0 Å². The number of pyridine rings is 1. The molecule has 92 valence electrons. The molecule has 0 unspecified atom stereocenters. The van der Waals surface area contributed by atoms with Gasteiger partial charge < -0.3 is 16.4 Å². The van der Waals surface area contributed by atoms with Crippen molar-refractivity contribution in [1.82, 2.24) is 15.6 Å². The summed E-state index contributed by atoms with van der Waals surface area (Å²) in [4.78, 5) is 26.5. The number of nitrogen functional groups attached to an aromatic ring is 1. The predicted octanol–water partition coefficient (Wildman–Crippen LogP) is 0.183. The Balaban J connectivity index is 2.64. The van der Waals surface area contributed by atoms with Crippen molar-refractivity contribution >= 4 is 29.2 Å². The molecule has 2 amide bonds. The summed E-state index contributed by atoms with van der Waals surface area (Å²) in [5.74, 6) is -0.535. The largest absolute Gasteiger partial charge is 0.384 e. The van der Waals surface area contributed by atoms with Gasteiger partial charge in [-0.15, -0.1) is 0 Å². The number of nitrogens with one attached hydrogen (secondary N) is 2. The number of anilines is 1. The van der Waals surface area contributed by atoms with Crippen molar-refractivity contribution < 1.29 is 9.59 Å². The van der Waals surface area contributed by atoms with Crippen LogP contribution in [-0.2, 0) is 4.79 Å². The van der Waals surface area contributed by atoms with Gasteiger partial charge in [0.25, 0.3) is 5.91 Å². The van der Waals surface area contributed by atoms with Crippen LogP contribution in [-0.4, -0.2) is 29.9 Å². The van der Waals surface area contributed by atoms with E-state index in [0.29, 0.717) is 6.54 Å². The van der Waals surface area contributed by atoms with E-state index in [1.165, 1.54) is 12.3 Å². The van der Waals surface area contributed by atoms with Crippen LogP contribution in [0.2, 0.25) is 5.02 Å². The highest BCUT2D eigenvalue weighted by molar-refractivity contribution is 6.33. The van der Waals surface area contributed by atoms with Crippen LogP contribution in [0.3, 0.4) is 0 Å². The zero-order valence-electron chi connectivity index (χ0n) is 9.29. The zero-order valence-corrected chi connectivity index (χ0v) is 10.0. The van der Waals surface area contributed by atoms with E-state index in [1.807, 2.05) is 0 Å². The van der Waals surface area contributed by atoms with Crippen LogP contribution >= 0.6 is 11.6 Å². The molecule has 0 aliphatic rings. The molecular formula is C10H13ClN4O2. The van der Waals surface area contributed by atoms with Gasteiger partial charge in [-0.3, -0.25) is 9.59 Å². The van der Waals surface area contributed by atoms with Gasteiger partial charge in [-0.05, 0) is 13.0 Å². The van der Waals surface area contributed by atoms with Crippen LogP contribution in [0.5, 0.6) is 0 Å². The molecule has 1 heterocycles. The van der Waals surface area contributed by atoms with Crippen molar-refractivity contribution in [2.75, 3.05) is 18.8 Å². The molecule has 0 spiro atoms. The molecule has 7 heteroatoms. The van der Waals surface area contributed by atoms with E-state index in [-0.39, 0.29) is 28.9 Å². The molecule has 0 radical (unpaired) electrons. The first-order valence-electron chi connectivity index (χ1n) is 5.00. The number of hydrogen-bond donors (Lipinski definition) is 3. The minimum atomic E-state index is -0.463. The minimum Gasteiger partial charge on any atom is -0.384 e. The molecule has 0 aromatic carbocycles. The Hall–Kier alpha value is -1.82. The monoisotopic (exact) mass is 256 g/mol. The maximum Gasteiger partial charge on any atom is 0.253 e. The number of nitrogens with two attached hydrogens (primary N) is 1. The number of carbonyl (C=O) groups excluding carboxylic acids is 2. The molecule has 1 aromatic heterocycles. The molecule has 0 atom stereocenters. The molecule has 0 fully saturated rings. The number of carbonyl (C=O) groups is 2. The number of nitrogens with zero attached hydrogens (tertiary/aromatic N) is 1. The number of hydrogen-bond acceptors (Lipinski definition) is 4. The molecule has 0 saturated carbocycles. The number of rotatable bonds is 4. The number of likely N-dealkylation sites (N-methyl/N-ethyl adjacent to an activating group) is 1. The lowest BCUT2D eigenvalue weighted by molar-refractivity contribution is -0.120. The topological polar surface area (TPSA) is 97.1 Å². The highest BCUT2D eigenvalue weighted by atomic mass is 35.5. The van der Waals surface area contributed by atoms with Crippen molar-refractivity contribution in [3.63, 3.8) is 0 Å². The Morgan fingerprint density at radius 3 is 2.82 bits per heavy atom. The second-order valence-electron chi connectivity index (χ2n) is 3.23. The van der Waals surface area contributed by atoms with Crippen LogP contribution < -0.4 is 16.4 Å². The molecule has 17 heavy (non-hydrogen) atoms. The number of amides is 2. The summed E-state index contributed by atoms with van der Waals surface area (Å²) in [5.41, 5.74) is 5.64. The lowest BCUT2D eigenvalue weighted by Crippen LogP contribution is -2.36. The maximum absolute atomic E-state index is 11.7. The average Bonchev–Trinajstić information content (AvgIpc) is 2.29. The van der Waals surface area contributed by atoms with Crippen molar-refractivity contribution in [1.29, 1.82) is 0 Å². The van der Waals surface area contributed by atoms with E-state index < -0.39 is 5.91 Å². The van der Waals surface area contributed by atoms with Crippen molar-refractivity contribution in [2.24, 2.45) is 0 Å². The van der Waals surface area contributed by atoms with Gasteiger partial charge in [-0.1, -0.05) is 11.6 Å². The summed E-state index contributed by atoms with van der Waals surface area (Å²) < 4.78 is 0. The number of halogens is 1. The minimum absolute atomic E-state index is 0.106. The first kappa shape index (κ1) is 13.2. The van der Waals surface area contributed by atoms with Crippen LogP contribution in [0.1, 0.15) is 17.3 Å². The third kappa shape index (κ3) is 3.92. The van der Waals surface area contributed by atoms with E-state index in [1.54, 1.807) is 6.92 Å². The van der Waals surface area contributed by atoms with Crippen molar-refractivity contribution in [3.05, 3.63) is 22.8 Å². The second kappa shape index (κ2) is 6.05. The third-order valence-corrected chi connectivity index (χ3v) is 2.21. The maximum atomic E-state index is 11.7. The van der Waals surface area contributed by atoms with Gasteiger partial charge in [-0.2, -0.15) is 0 Å². The van der Waals surface area contributed by atoms with Crippen molar-refractivity contribution in [3.8, 4) is 0 Å². The molecule has 1 rings (SSSR count). The molecular weight excluding hydrogens is 244 g/mol. The summed E-state index contributed by atoms with van der Waals surface area (Å²) in [5, 5.41) is 5.18. The second-order valence-corrected chi connectivity index (χ2v) is 3.63. The summed E-state index contributed by atoms with van der Waals surface area (Å²) in [7, 11) is 0. The highest BCUT2D eigenvalue weighted by Crippen LogP contribution is 2.15. The summed E-state index contributed by atoms with van der Waals surface area (Å²) in [6.45, 7) is 2.20. The van der Waals surface area contributed by atoms with Crippen LogP contribution in [0.25, 0.3) is 0 Å². The average molecular weight is 257 g/mol. The van der Waals surface area contributed by atoms with Crippen LogP contribution in [0.4, 0.5) is 5.82 Å². The SMILES string of the molecule is CCNC(=O)CNC(=O)c1cc(N)ncc1Cl. The van der Waals surface area contributed by atoms with Gasteiger partial charge in [0.2, 0.25) is 5.91 Å². The molecule has 0 aliphatic heterocycles. The summed E-state index contributed by atoms with van der Waals surface area (Å²) >= 11 is 5.79. The van der Waals surface area contributed by atoms with E-state index in [4.69, 9.17) is 17.3 Å². The summed E-state index contributed by atoms with van der Waals surface area (Å²) in [6.07, 6.45) is 1.29. The quantitative estimate of drug-likeness (QED) is 0.716. The van der Waals surface area contributed by atoms with Crippen molar-refractivity contribution in [2.45, 2.75) is 6.92 Å². The van der Waals surface area contributed by atoms with Crippen LogP contribution in [0.15, 0.2) is 12.3 Å². The predicted molar refractivity (Wildman–Crippen MR) is 64.7 cm³/mol. The summed E-state index contributed by atoms with van der Waals surface area (Å²) in [6, 6.07) is 1.36. The van der Waals surface area contributed by atoms with E-state index >= 15 is 0 Å². The molecule has 0 aliphatic carbocycles. The Labute approximate surface area is 104 Å². The number of aromatic nitrogens is 1. The first-order valence-corrected chi connectivity index (χ1v) is 5.38. The molecule has 1 aromatic rings.